The van der Waals surface area contributed by atoms with Gasteiger partial charge in [-0.2, -0.15) is 5.26 Å². The molecule has 4 heteroatoms. The van der Waals surface area contributed by atoms with Gasteiger partial charge in [0.1, 0.15) is 5.82 Å². The first kappa shape index (κ1) is 12.6. The van der Waals surface area contributed by atoms with Crippen LogP contribution in [0.3, 0.4) is 0 Å². The molecule has 2 rings (SSSR count). The number of hydrogen-bond donors (Lipinski definition) is 0. The fourth-order valence-electron chi connectivity index (χ4n) is 2.37. The van der Waals surface area contributed by atoms with E-state index in [9.17, 15) is 14.4 Å². The van der Waals surface area contributed by atoms with Gasteiger partial charge in [-0.25, -0.2) is 4.39 Å². The predicted molar refractivity (Wildman–Crippen MR) is 65.2 cm³/mol. The van der Waals surface area contributed by atoms with Crippen LogP contribution in [0.1, 0.15) is 24.8 Å². The lowest BCUT2D eigenvalue weighted by Crippen LogP contribution is -2.27. The van der Waals surface area contributed by atoms with Gasteiger partial charge in [-0.3, -0.25) is 4.79 Å². The Morgan fingerprint density at radius 3 is 2.89 bits per heavy atom. The van der Waals surface area contributed by atoms with Crippen LogP contribution < -0.4 is 0 Å². The summed E-state index contributed by atoms with van der Waals surface area (Å²) in [6.07, 6.45) is 1.34. The Labute approximate surface area is 106 Å². The maximum Gasteiger partial charge on any atom is 0.222 e. The number of carbonyl (C=O) groups is 1. The molecule has 1 saturated heterocycles. The van der Waals surface area contributed by atoms with Gasteiger partial charge in [0.05, 0.1) is 11.5 Å². The Hall–Kier alpha value is -1.89. The Morgan fingerprint density at radius 2 is 2.22 bits per heavy atom. The van der Waals surface area contributed by atoms with Crippen molar-refractivity contribution >= 4 is 5.91 Å². The smallest absolute Gasteiger partial charge is 0.222 e. The molecule has 1 heterocycles. The second-order valence-electron chi connectivity index (χ2n) is 4.77. The summed E-state index contributed by atoms with van der Waals surface area (Å²) in [7, 11) is 1.74. The van der Waals surface area contributed by atoms with Crippen LogP contribution in [0.4, 0.5) is 4.39 Å². The third-order valence-corrected chi connectivity index (χ3v) is 3.66. The lowest BCUT2D eigenvalue weighted by atomic mass is 9.76. The minimum absolute atomic E-state index is 0.0449. The second-order valence-corrected chi connectivity index (χ2v) is 4.77. The summed E-state index contributed by atoms with van der Waals surface area (Å²) in [5.74, 6) is -0.297. The Morgan fingerprint density at radius 1 is 1.44 bits per heavy atom. The summed E-state index contributed by atoms with van der Waals surface area (Å²) in [5.41, 5.74) is -0.0733. The predicted octanol–water partition coefficient (Wildman–Crippen LogP) is 2.23. The van der Waals surface area contributed by atoms with E-state index in [1.165, 1.54) is 12.1 Å². The second kappa shape index (κ2) is 4.77. The molecule has 0 aliphatic carbocycles. The molecule has 18 heavy (non-hydrogen) atoms. The Kier molecular flexibility index (Phi) is 3.33. The van der Waals surface area contributed by atoms with E-state index < -0.39 is 5.41 Å². The molecule has 1 aromatic rings. The van der Waals surface area contributed by atoms with Gasteiger partial charge >= 0.3 is 0 Å². The SMILES string of the molecule is CN1CCC(C#N)(c2cccc(F)c2)CCC1=O. The zero-order valence-electron chi connectivity index (χ0n) is 10.3. The first-order chi connectivity index (χ1) is 8.57. The molecule has 1 aliphatic rings. The van der Waals surface area contributed by atoms with Crippen LogP contribution >= 0.6 is 0 Å². The third kappa shape index (κ3) is 2.21. The van der Waals surface area contributed by atoms with E-state index in [4.69, 9.17) is 0 Å². The maximum absolute atomic E-state index is 13.3. The molecule has 1 amide bonds. The van der Waals surface area contributed by atoms with Crippen LogP contribution in [0.25, 0.3) is 0 Å². The molecular weight excluding hydrogens is 231 g/mol. The van der Waals surface area contributed by atoms with Crippen LogP contribution in [0.5, 0.6) is 0 Å². The average Bonchev–Trinajstić information content (AvgIpc) is 2.52. The van der Waals surface area contributed by atoms with Crippen molar-refractivity contribution < 1.29 is 9.18 Å². The third-order valence-electron chi connectivity index (χ3n) is 3.66. The van der Waals surface area contributed by atoms with E-state index >= 15 is 0 Å². The number of likely N-dealkylation sites (tertiary alicyclic amines) is 1. The molecule has 1 aromatic carbocycles. The zero-order valence-corrected chi connectivity index (χ0v) is 10.3. The van der Waals surface area contributed by atoms with Crippen molar-refractivity contribution in [2.45, 2.75) is 24.7 Å². The zero-order chi connectivity index (χ0) is 13.2. The van der Waals surface area contributed by atoms with Crippen molar-refractivity contribution in [1.29, 1.82) is 5.26 Å². The van der Waals surface area contributed by atoms with E-state index in [0.29, 0.717) is 31.4 Å². The van der Waals surface area contributed by atoms with E-state index in [1.54, 1.807) is 24.1 Å². The van der Waals surface area contributed by atoms with E-state index in [1.807, 2.05) is 0 Å². The maximum atomic E-state index is 13.3. The van der Waals surface area contributed by atoms with Crippen molar-refractivity contribution in [3.05, 3.63) is 35.6 Å². The highest BCUT2D eigenvalue weighted by atomic mass is 19.1. The van der Waals surface area contributed by atoms with Crippen LogP contribution in [-0.2, 0) is 10.2 Å². The largest absolute Gasteiger partial charge is 0.346 e. The number of amides is 1. The van der Waals surface area contributed by atoms with Gasteiger partial charge in [-0.1, -0.05) is 12.1 Å². The van der Waals surface area contributed by atoms with Crippen LogP contribution in [-0.4, -0.2) is 24.4 Å². The lowest BCUT2D eigenvalue weighted by molar-refractivity contribution is -0.129. The molecule has 1 fully saturated rings. The first-order valence-electron chi connectivity index (χ1n) is 5.99. The lowest BCUT2D eigenvalue weighted by Gasteiger charge is -2.25. The molecule has 1 atom stereocenters. The summed E-state index contributed by atoms with van der Waals surface area (Å²) in [6, 6.07) is 8.44. The van der Waals surface area contributed by atoms with Crippen molar-refractivity contribution in [1.82, 2.24) is 4.90 Å². The minimum Gasteiger partial charge on any atom is -0.346 e. The van der Waals surface area contributed by atoms with Gasteiger partial charge in [-0.05, 0) is 30.5 Å². The molecule has 94 valence electrons. The highest BCUT2D eigenvalue weighted by Gasteiger charge is 2.36. The number of benzene rings is 1. The molecular formula is C14H15FN2O. The monoisotopic (exact) mass is 246 g/mol. The number of nitrogens with zero attached hydrogens (tertiary/aromatic N) is 2. The highest BCUT2D eigenvalue weighted by Crippen LogP contribution is 2.35. The summed E-state index contributed by atoms with van der Waals surface area (Å²) in [6.45, 7) is 0.531. The highest BCUT2D eigenvalue weighted by molar-refractivity contribution is 5.76. The van der Waals surface area contributed by atoms with Gasteiger partial charge in [0.25, 0.3) is 0 Å². The number of hydrogen-bond acceptors (Lipinski definition) is 2. The normalized spacial score (nSPS) is 24.5. The van der Waals surface area contributed by atoms with E-state index in [-0.39, 0.29) is 11.7 Å². The van der Waals surface area contributed by atoms with Gasteiger partial charge in [0, 0.05) is 20.0 Å². The molecule has 0 N–H and O–H groups in total. The Balaban J connectivity index is 2.37. The topological polar surface area (TPSA) is 44.1 Å². The quantitative estimate of drug-likeness (QED) is 0.762. The average molecular weight is 246 g/mol. The van der Waals surface area contributed by atoms with Crippen molar-refractivity contribution in [3.63, 3.8) is 0 Å². The first-order valence-corrected chi connectivity index (χ1v) is 5.99. The molecule has 1 aliphatic heterocycles. The molecule has 3 nitrogen and oxygen atoms in total. The molecule has 0 spiro atoms. The van der Waals surface area contributed by atoms with Crippen molar-refractivity contribution in [2.24, 2.45) is 0 Å². The number of rotatable bonds is 1. The summed E-state index contributed by atoms with van der Waals surface area (Å²) >= 11 is 0. The number of carbonyl (C=O) groups excluding carboxylic acids is 1. The molecule has 0 aromatic heterocycles. The van der Waals surface area contributed by atoms with Gasteiger partial charge in [0.15, 0.2) is 0 Å². The molecule has 0 bridgehead atoms. The van der Waals surface area contributed by atoms with Gasteiger partial charge < -0.3 is 4.90 Å². The molecule has 0 saturated carbocycles. The number of halogens is 1. The summed E-state index contributed by atoms with van der Waals surface area (Å²) in [4.78, 5) is 13.3. The molecule has 0 radical (unpaired) electrons. The van der Waals surface area contributed by atoms with Gasteiger partial charge in [-0.15, -0.1) is 0 Å². The fraction of sp³-hybridized carbons (Fsp3) is 0.429. The van der Waals surface area contributed by atoms with Crippen molar-refractivity contribution in [3.8, 4) is 6.07 Å². The minimum atomic E-state index is -0.748. The van der Waals surface area contributed by atoms with Crippen molar-refractivity contribution in [2.75, 3.05) is 13.6 Å². The van der Waals surface area contributed by atoms with E-state index in [0.717, 1.165) is 0 Å². The molecule has 1 unspecified atom stereocenters. The van der Waals surface area contributed by atoms with Crippen LogP contribution in [0, 0.1) is 17.1 Å². The van der Waals surface area contributed by atoms with E-state index in [2.05, 4.69) is 6.07 Å². The number of nitriles is 1. The summed E-state index contributed by atoms with van der Waals surface area (Å²) in [5, 5.41) is 9.48. The Bertz CT molecular complexity index is 509. The van der Waals surface area contributed by atoms with Gasteiger partial charge in [0.2, 0.25) is 5.91 Å². The standard InChI is InChI=1S/C14H15FN2O/c1-17-8-7-14(10-16,6-5-13(17)18)11-3-2-4-12(15)9-11/h2-4,9H,5-8H2,1H3. The van der Waals surface area contributed by atoms with Crippen LogP contribution in [0.15, 0.2) is 24.3 Å². The van der Waals surface area contributed by atoms with Crippen LogP contribution in [0.2, 0.25) is 0 Å². The fourth-order valence-corrected chi connectivity index (χ4v) is 2.37. The summed E-state index contributed by atoms with van der Waals surface area (Å²) < 4.78 is 13.3.